The molecule has 0 radical (unpaired) electrons. The Kier molecular flexibility index (Phi) is 4.59. The highest BCUT2D eigenvalue weighted by molar-refractivity contribution is 6.06. The summed E-state index contributed by atoms with van der Waals surface area (Å²) in [7, 11) is 0. The number of rotatable bonds is 2. The normalized spacial score (nSPS) is 9.40. The van der Waals surface area contributed by atoms with Crippen LogP contribution in [-0.2, 0) is 9.59 Å². The summed E-state index contributed by atoms with van der Waals surface area (Å²) in [4.78, 5) is 50.3. The number of isocyanates is 2. The molecule has 6 nitrogen and oxygen atoms in total. The number of aliphatic imine (C=N–C) groups is 2. The van der Waals surface area contributed by atoms with Gasteiger partial charge >= 0.3 is 0 Å². The van der Waals surface area contributed by atoms with Crippen molar-refractivity contribution in [3.63, 3.8) is 0 Å². The van der Waals surface area contributed by atoms with Crippen LogP contribution in [0.15, 0.2) is 9.98 Å². The molecule has 20 heavy (non-hydrogen) atoms. The molecule has 1 rings (SSSR count). The zero-order valence-corrected chi connectivity index (χ0v) is 11.5. The van der Waals surface area contributed by atoms with Gasteiger partial charge in [0.25, 0.3) is 11.8 Å². The van der Waals surface area contributed by atoms with Gasteiger partial charge in [-0.15, -0.1) is 9.98 Å². The smallest absolute Gasteiger partial charge is 0.266 e. The Morgan fingerprint density at radius 2 is 1.05 bits per heavy atom. The Balaban J connectivity index is 3.80. The summed E-state index contributed by atoms with van der Waals surface area (Å²) in [5.41, 5.74) is 2.58. The Morgan fingerprint density at radius 1 is 0.700 bits per heavy atom. The van der Waals surface area contributed by atoms with Crippen molar-refractivity contribution in [1.29, 1.82) is 0 Å². The van der Waals surface area contributed by atoms with E-state index in [4.69, 9.17) is 0 Å². The second-order valence-corrected chi connectivity index (χ2v) is 4.27. The Labute approximate surface area is 115 Å². The molecule has 0 aliphatic rings. The molecule has 1 aromatic carbocycles. The van der Waals surface area contributed by atoms with Gasteiger partial charge in [0.1, 0.15) is 0 Å². The first-order chi connectivity index (χ1) is 9.36. The monoisotopic (exact) mass is 272 g/mol. The highest BCUT2D eigenvalue weighted by Gasteiger charge is 2.23. The van der Waals surface area contributed by atoms with Crippen LogP contribution in [-0.4, -0.2) is 24.0 Å². The van der Waals surface area contributed by atoms with Crippen molar-refractivity contribution < 1.29 is 19.2 Å². The summed E-state index contributed by atoms with van der Waals surface area (Å²) in [5, 5.41) is 0. The fourth-order valence-electron chi connectivity index (χ4n) is 2.18. The van der Waals surface area contributed by atoms with Crippen LogP contribution in [0.3, 0.4) is 0 Å². The summed E-state index contributed by atoms with van der Waals surface area (Å²) in [6.45, 7) is 6.66. The van der Waals surface area contributed by atoms with Gasteiger partial charge in [-0.05, 0) is 49.9 Å². The lowest BCUT2D eigenvalue weighted by Gasteiger charge is -2.16. The third-order valence-electron chi connectivity index (χ3n) is 3.35. The number of nitrogens with zero attached hydrogens (tertiary/aromatic N) is 2. The van der Waals surface area contributed by atoms with Gasteiger partial charge in [-0.1, -0.05) is 0 Å². The van der Waals surface area contributed by atoms with E-state index < -0.39 is 11.8 Å². The molecule has 0 saturated heterocycles. The predicted octanol–water partition coefficient (Wildman–Crippen LogP) is 1.87. The molecular weight excluding hydrogens is 260 g/mol. The van der Waals surface area contributed by atoms with E-state index in [2.05, 4.69) is 9.98 Å². The molecule has 0 aliphatic carbocycles. The second kappa shape index (κ2) is 5.97. The van der Waals surface area contributed by atoms with Crippen LogP contribution < -0.4 is 0 Å². The van der Waals surface area contributed by atoms with Crippen LogP contribution in [0, 0.1) is 27.7 Å². The maximum atomic E-state index is 11.8. The van der Waals surface area contributed by atoms with Gasteiger partial charge in [-0.2, -0.15) is 0 Å². The number of hydrogen-bond donors (Lipinski definition) is 0. The molecule has 0 heterocycles. The van der Waals surface area contributed by atoms with Crippen molar-refractivity contribution in [2.45, 2.75) is 27.7 Å². The number of amides is 2. The molecule has 0 atom stereocenters. The van der Waals surface area contributed by atoms with Gasteiger partial charge in [0.2, 0.25) is 12.2 Å². The lowest BCUT2D eigenvalue weighted by atomic mass is 9.88. The topological polar surface area (TPSA) is 93.0 Å². The third kappa shape index (κ3) is 2.52. The highest BCUT2D eigenvalue weighted by atomic mass is 16.2. The Hall–Kier alpha value is -2.68. The van der Waals surface area contributed by atoms with E-state index in [0.717, 1.165) is 0 Å². The predicted molar refractivity (Wildman–Crippen MR) is 70.3 cm³/mol. The van der Waals surface area contributed by atoms with Crippen molar-refractivity contribution in [3.05, 3.63) is 33.4 Å². The fraction of sp³-hybridized carbons (Fsp3) is 0.286. The Bertz CT molecular complexity index is 649. The molecule has 0 fully saturated rings. The molecule has 0 aliphatic heterocycles. The van der Waals surface area contributed by atoms with Gasteiger partial charge in [0.05, 0.1) is 0 Å². The molecular formula is C14H12N2O4. The molecule has 0 unspecified atom stereocenters. The molecule has 0 spiro atoms. The van der Waals surface area contributed by atoms with Gasteiger partial charge in [0, 0.05) is 11.1 Å². The minimum absolute atomic E-state index is 0.154. The van der Waals surface area contributed by atoms with E-state index in [9.17, 15) is 19.2 Å². The maximum Gasteiger partial charge on any atom is 0.288 e. The molecule has 0 aromatic heterocycles. The summed E-state index contributed by atoms with van der Waals surface area (Å²) < 4.78 is 0. The second-order valence-electron chi connectivity index (χ2n) is 4.27. The van der Waals surface area contributed by atoms with Gasteiger partial charge in [0.15, 0.2) is 0 Å². The van der Waals surface area contributed by atoms with Crippen LogP contribution in [0.1, 0.15) is 43.0 Å². The van der Waals surface area contributed by atoms with Crippen LogP contribution in [0.4, 0.5) is 0 Å². The van der Waals surface area contributed by atoms with Crippen molar-refractivity contribution in [2.75, 3.05) is 0 Å². The van der Waals surface area contributed by atoms with Gasteiger partial charge in [-0.3, -0.25) is 9.59 Å². The lowest BCUT2D eigenvalue weighted by Crippen LogP contribution is -2.12. The van der Waals surface area contributed by atoms with E-state index in [1.54, 1.807) is 27.7 Å². The fourth-order valence-corrected chi connectivity index (χ4v) is 2.18. The van der Waals surface area contributed by atoms with E-state index in [1.807, 2.05) is 0 Å². The molecule has 6 heteroatoms. The molecule has 1 aromatic rings. The minimum atomic E-state index is -0.776. The van der Waals surface area contributed by atoms with Crippen LogP contribution in [0.5, 0.6) is 0 Å². The lowest BCUT2D eigenvalue weighted by molar-refractivity contribution is 0.100. The van der Waals surface area contributed by atoms with Crippen molar-refractivity contribution >= 4 is 24.0 Å². The zero-order valence-electron chi connectivity index (χ0n) is 11.5. The number of hydrogen-bond acceptors (Lipinski definition) is 4. The highest BCUT2D eigenvalue weighted by Crippen LogP contribution is 2.27. The average Bonchev–Trinajstić information content (AvgIpc) is 2.37. The SMILES string of the molecule is Cc1c(C)c(C(=O)N=C=O)c(C)c(C(=O)N=C=O)c1C. The zero-order chi connectivity index (χ0) is 15.4. The molecule has 2 amide bonds. The summed E-state index contributed by atoms with van der Waals surface area (Å²) in [6, 6.07) is 0. The summed E-state index contributed by atoms with van der Waals surface area (Å²) in [6.07, 6.45) is 2.37. The van der Waals surface area contributed by atoms with Gasteiger partial charge < -0.3 is 0 Å². The van der Waals surface area contributed by atoms with E-state index in [-0.39, 0.29) is 11.1 Å². The Morgan fingerprint density at radius 3 is 1.35 bits per heavy atom. The van der Waals surface area contributed by atoms with E-state index in [1.165, 1.54) is 12.2 Å². The van der Waals surface area contributed by atoms with Crippen LogP contribution in [0.2, 0.25) is 0 Å². The summed E-state index contributed by atoms with van der Waals surface area (Å²) >= 11 is 0. The molecule has 0 saturated carbocycles. The van der Waals surface area contributed by atoms with E-state index in [0.29, 0.717) is 22.3 Å². The van der Waals surface area contributed by atoms with E-state index >= 15 is 0 Å². The minimum Gasteiger partial charge on any atom is -0.266 e. The maximum absolute atomic E-state index is 11.8. The quantitative estimate of drug-likeness (QED) is 0.606. The number of carbonyl (C=O) groups is 2. The van der Waals surface area contributed by atoms with Crippen LogP contribution >= 0.6 is 0 Å². The van der Waals surface area contributed by atoms with Crippen molar-refractivity contribution in [3.8, 4) is 0 Å². The van der Waals surface area contributed by atoms with Crippen molar-refractivity contribution in [2.24, 2.45) is 9.98 Å². The molecule has 102 valence electrons. The number of benzene rings is 1. The first kappa shape index (κ1) is 15.4. The first-order valence-corrected chi connectivity index (χ1v) is 5.71. The van der Waals surface area contributed by atoms with Crippen LogP contribution in [0.25, 0.3) is 0 Å². The standard InChI is InChI=1S/C14H12N2O4/c1-7-8(2)11(13(19)15-5-17)10(4)12(9(7)3)14(20)16-6-18/h1-4H3. The average molecular weight is 272 g/mol. The summed E-state index contributed by atoms with van der Waals surface area (Å²) in [5.74, 6) is -1.55. The number of carbonyl (C=O) groups excluding carboxylic acids is 4. The third-order valence-corrected chi connectivity index (χ3v) is 3.35. The molecule has 0 bridgehead atoms. The first-order valence-electron chi connectivity index (χ1n) is 5.71. The largest absolute Gasteiger partial charge is 0.288 e. The van der Waals surface area contributed by atoms with Crippen molar-refractivity contribution in [1.82, 2.24) is 0 Å². The molecule has 0 N–H and O–H groups in total. The van der Waals surface area contributed by atoms with Gasteiger partial charge in [-0.25, -0.2) is 9.59 Å².